The van der Waals surface area contributed by atoms with Gasteiger partial charge >= 0.3 is 0 Å². The van der Waals surface area contributed by atoms with Crippen LogP contribution in [0.1, 0.15) is 38.3 Å². The summed E-state index contributed by atoms with van der Waals surface area (Å²) in [7, 11) is 1.71. The number of hydrogen-bond acceptors (Lipinski definition) is 5. The summed E-state index contributed by atoms with van der Waals surface area (Å²) >= 11 is 0. The molecule has 0 aliphatic carbocycles. The van der Waals surface area contributed by atoms with E-state index in [0.29, 0.717) is 12.5 Å². The molecule has 5 heteroatoms. The molecule has 0 spiro atoms. The lowest BCUT2D eigenvalue weighted by Gasteiger charge is -2.20. The van der Waals surface area contributed by atoms with E-state index in [9.17, 15) is 0 Å². The summed E-state index contributed by atoms with van der Waals surface area (Å²) < 4.78 is 10.7. The van der Waals surface area contributed by atoms with Crippen LogP contribution in [0, 0.1) is 5.92 Å². The standard InChI is InChI=1S/C14H25N3O2/c1-4-5-19-13-7-12(8-16-9-13)14(17-15)6-11(2)10-18-3/h7-9,11,14,17H,4-6,10,15H2,1-3H3. The van der Waals surface area contributed by atoms with Crippen LogP contribution in [0.2, 0.25) is 0 Å². The third kappa shape index (κ3) is 5.55. The highest BCUT2D eigenvalue weighted by Crippen LogP contribution is 2.23. The van der Waals surface area contributed by atoms with Crippen LogP contribution in [0.4, 0.5) is 0 Å². The van der Waals surface area contributed by atoms with Crippen molar-refractivity contribution in [2.75, 3.05) is 20.3 Å². The third-order valence-electron chi connectivity index (χ3n) is 2.90. The van der Waals surface area contributed by atoms with E-state index in [4.69, 9.17) is 15.3 Å². The van der Waals surface area contributed by atoms with Crippen molar-refractivity contribution in [3.63, 3.8) is 0 Å². The van der Waals surface area contributed by atoms with Gasteiger partial charge in [0.15, 0.2) is 0 Å². The SMILES string of the molecule is CCCOc1cncc(C(CC(C)COC)NN)c1. The first-order valence-corrected chi connectivity index (χ1v) is 6.74. The van der Waals surface area contributed by atoms with Crippen molar-refractivity contribution in [2.24, 2.45) is 11.8 Å². The van der Waals surface area contributed by atoms with Crippen LogP contribution in [-0.4, -0.2) is 25.3 Å². The molecule has 2 atom stereocenters. The summed E-state index contributed by atoms with van der Waals surface area (Å²) in [6, 6.07) is 2.05. The zero-order valence-corrected chi connectivity index (χ0v) is 12.1. The molecule has 5 nitrogen and oxygen atoms in total. The Balaban J connectivity index is 2.68. The van der Waals surface area contributed by atoms with Crippen LogP contribution in [-0.2, 0) is 4.74 Å². The molecule has 108 valence electrons. The van der Waals surface area contributed by atoms with Crippen LogP contribution in [0.5, 0.6) is 5.75 Å². The van der Waals surface area contributed by atoms with Crippen molar-refractivity contribution in [1.29, 1.82) is 0 Å². The Morgan fingerprint density at radius 3 is 2.84 bits per heavy atom. The number of aromatic nitrogens is 1. The maximum atomic E-state index is 5.64. The van der Waals surface area contributed by atoms with Crippen molar-refractivity contribution in [3.8, 4) is 5.75 Å². The largest absolute Gasteiger partial charge is 0.492 e. The van der Waals surface area contributed by atoms with Gasteiger partial charge in [0.2, 0.25) is 0 Å². The minimum absolute atomic E-state index is 0.0582. The van der Waals surface area contributed by atoms with Crippen molar-refractivity contribution in [3.05, 3.63) is 24.0 Å². The number of hydrogen-bond donors (Lipinski definition) is 2. The summed E-state index contributed by atoms with van der Waals surface area (Å²) in [5, 5.41) is 0. The molecule has 0 fully saturated rings. The summed E-state index contributed by atoms with van der Waals surface area (Å²) in [4.78, 5) is 4.21. The molecule has 1 heterocycles. The molecule has 2 unspecified atom stereocenters. The molecule has 0 saturated carbocycles. The molecular weight excluding hydrogens is 242 g/mol. The van der Waals surface area contributed by atoms with Crippen molar-refractivity contribution >= 4 is 0 Å². The molecule has 0 saturated heterocycles. The van der Waals surface area contributed by atoms with Crippen molar-refractivity contribution in [2.45, 2.75) is 32.7 Å². The molecule has 0 amide bonds. The molecular formula is C14H25N3O2. The van der Waals surface area contributed by atoms with E-state index < -0.39 is 0 Å². The predicted octanol–water partition coefficient (Wildman–Crippen LogP) is 2.05. The lowest BCUT2D eigenvalue weighted by Crippen LogP contribution is -2.30. The van der Waals surface area contributed by atoms with Gasteiger partial charge in [-0.15, -0.1) is 0 Å². The fraction of sp³-hybridized carbons (Fsp3) is 0.643. The first kappa shape index (κ1) is 15.9. The highest BCUT2D eigenvalue weighted by atomic mass is 16.5. The van der Waals surface area contributed by atoms with Crippen LogP contribution in [0.15, 0.2) is 18.5 Å². The molecule has 0 aliphatic heterocycles. The lowest BCUT2D eigenvalue weighted by atomic mass is 9.98. The fourth-order valence-electron chi connectivity index (χ4n) is 1.98. The lowest BCUT2D eigenvalue weighted by molar-refractivity contribution is 0.149. The maximum Gasteiger partial charge on any atom is 0.137 e. The van der Waals surface area contributed by atoms with E-state index in [2.05, 4.69) is 24.3 Å². The molecule has 0 bridgehead atoms. The minimum atomic E-state index is 0.0582. The Kier molecular flexibility index (Phi) is 7.40. The second-order valence-electron chi connectivity index (χ2n) is 4.82. The van der Waals surface area contributed by atoms with E-state index in [1.807, 2.05) is 12.3 Å². The molecule has 0 aliphatic rings. The van der Waals surface area contributed by atoms with Crippen LogP contribution in [0.3, 0.4) is 0 Å². The second kappa shape index (κ2) is 8.85. The summed E-state index contributed by atoms with van der Waals surface area (Å²) in [5.41, 5.74) is 3.88. The summed E-state index contributed by atoms with van der Waals surface area (Å²) in [5.74, 6) is 6.85. The third-order valence-corrected chi connectivity index (χ3v) is 2.90. The topological polar surface area (TPSA) is 69.4 Å². The monoisotopic (exact) mass is 267 g/mol. The second-order valence-corrected chi connectivity index (χ2v) is 4.82. The van der Waals surface area contributed by atoms with Gasteiger partial charge in [0.1, 0.15) is 5.75 Å². The number of nitrogens with zero attached hydrogens (tertiary/aromatic N) is 1. The number of methoxy groups -OCH3 is 1. The molecule has 1 rings (SSSR count). The van der Waals surface area contributed by atoms with Gasteiger partial charge in [0, 0.05) is 26.0 Å². The van der Waals surface area contributed by atoms with Gasteiger partial charge < -0.3 is 9.47 Å². The van der Waals surface area contributed by atoms with Crippen LogP contribution in [0.25, 0.3) is 0 Å². The first-order chi connectivity index (χ1) is 9.21. The minimum Gasteiger partial charge on any atom is -0.492 e. The van der Waals surface area contributed by atoms with Crippen LogP contribution >= 0.6 is 0 Å². The molecule has 19 heavy (non-hydrogen) atoms. The number of pyridine rings is 1. The number of nitrogens with one attached hydrogen (secondary N) is 1. The van der Waals surface area contributed by atoms with Crippen LogP contribution < -0.4 is 16.0 Å². The van der Waals surface area contributed by atoms with E-state index >= 15 is 0 Å². The normalized spacial score (nSPS) is 14.1. The van der Waals surface area contributed by atoms with E-state index in [-0.39, 0.29) is 6.04 Å². The Morgan fingerprint density at radius 2 is 2.21 bits per heavy atom. The Hall–Kier alpha value is -1.17. The molecule has 0 aromatic carbocycles. The van der Waals surface area contributed by atoms with Gasteiger partial charge in [-0.3, -0.25) is 16.3 Å². The smallest absolute Gasteiger partial charge is 0.137 e. The quantitative estimate of drug-likeness (QED) is 0.529. The number of hydrazine groups is 1. The maximum absolute atomic E-state index is 5.64. The number of ether oxygens (including phenoxy) is 2. The molecule has 1 aromatic rings. The predicted molar refractivity (Wildman–Crippen MR) is 75.7 cm³/mol. The van der Waals surface area contributed by atoms with Gasteiger partial charge in [-0.2, -0.15) is 0 Å². The van der Waals surface area contributed by atoms with Gasteiger partial charge in [-0.1, -0.05) is 13.8 Å². The first-order valence-electron chi connectivity index (χ1n) is 6.74. The Labute approximate surface area is 115 Å². The number of nitrogens with two attached hydrogens (primary N) is 1. The van der Waals surface area contributed by atoms with E-state index in [1.54, 1.807) is 13.3 Å². The van der Waals surface area contributed by atoms with Gasteiger partial charge in [-0.25, -0.2) is 0 Å². The van der Waals surface area contributed by atoms with Crippen molar-refractivity contribution in [1.82, 2.24) is 10.4 Å². The van der Waals surface area contributed by atoms with Gasteiger partial charge in [0.05, 0.1) is 12.8 Å². The van der Waals surface area contributed by atoms with Gasteiger partial charge in [0.25, 0.3) is 0 Å². The Bertz CT molecular complexity index is 360. The molecule has 3 N–H and O–H groups in total. The molecule has 1 aromatic heterocycles. The molecule has 0 radical (unpaired) electrons. The summed E-state index contributed by atoms with van der Waals surface area (Å²) in [6.07, 6.45) is 5.42. The van der Waals surface area contributed by atoms with E-state index in [0.717, 1.165) is 30.8 Å². The highest BCUT2D eigenvalue weighted by molar-refractivity contribution is 5.26. The summed E-state index contributed by atoms with van der Waals surface area (Å²) in [6.45, 7) is 5.64. The fourth-order valence-corrected chi connectivity index (χ4v) is 1.98. The zero-order chi connectivity index (χ0) is 14.1. The number of rotatable bonds is 9. The Morgan fingerprint density at radius 1 is 1.42 bits per heavy atom. The van der Waals surface area contributed by atoms with Gasteiger partial charge in [-0.05, 0) is 30.4 Å². The van der Waals surface area contributed by atoms with E-state index in [1.165, 1.54) is 0 Å². The van der Waals surface area contributed by atoms with Crippen molar-refractivity contribution < 1.29 is 9.47 Å². The zero-order valence-electron chi connectivity index (χ0n) is 12.1. The average Bonchev–Trinajstić information content (AvgIpc) is 2.43. The average molecular weight is 267 g/mol. The highest BCUT2D eigenvalue weighted by Gasteiger charge is 2.15.